The Hall–Kier alpha value is -3.51. The van der Waals surface area contributed by atoms with Gasteiger partial charge in [-0.2, -0.15) is 18.3 Å². The van der Waals surface area contributed by atoms with Crippen LogP contribution >= 0.6 is 0 Å². The van der Waals surface area contributed by atoms with E-state index in [1.165, 1.54) is 19.9 Å². The molecule has 4 aromatic heterocycles. The van der Waals surface area contributed by atoms with Crippen molar-refractivity contribution in [2.24, 2.45) is 0 Å². The summed E-state index contributed by atoms with van der Waals surface area (Å²) in [5.74, 6) is -0.0980. The Bertz CT molecular complexity index is 1490. The molecule has 41 heavy (non-hydrogen) atoms. The van der Waals surface area contributed by atoms with Crippen LogP contribution in [0, 0.1) is 0 Å². The summed E-state index contributed by atoms with van der Waals surface area (Å²) in [6, 6.07) is 4.67. The Labute approximate surface area is 235 Å². The van der Waals surface area contributed by atoms with Gasteiger partial charge in [-0.25, -0.2) is 15.0 Å². The number of ether oxygens (including phenoxy) is 1. The molecule has 1 aliphatic heterocycles. The standard InChI is InChI=1S/C29H34F3N7O2/c1-4-28(39-16-18(15-36-39)25-22-5-8-33-26(22)35-17-34-25)13-20(14-28)38-9-6-21(7-10-38)41-24-12-19(27(2,3)40)11-23(37-24)29(30,31)32/h5,8,11-12,15-17,20-21,40H,4,6-7,9-10,13-14H2,1-3H3,(H,33,34,35). The lowest BCUT2D eigenvalue weighted by atomic mass is 9.70. The number of aliphatic hydroxyl groups is 1. The van der Waals surface area contributed by atoms with Crippen molar-refractivity contribution in [3.8, 4) is 17.1 Å². The van der Waals surface area contributed by atoms with Crippen LogP contribution < -0.4 is 4.74 Å². The van der Waals surface area contributed by atoms with Gasteiger partial charge in [-0.3, -0.25) is 9.58 Å². The van der Waals surface area contributed by atoms with E-state index in [9.17, 15) is 18.3 Å². The number of piperidine rings is 1. The molecule has 2 aliphatic rings. The molecule has 0 amide bonds. The second-order valence-electron chi connectivity index (χ2n) is 11.8. The van der Waals surface area contributed by atoms with E-state index in [1.54, 1.807) is 6.33 Å². The monoisotopic (exact) mass is 569 g/mol. The number of aromatic amines is 1. The maximum Gasteiger partial charge on any atom is 0.433 e. The van der Waals surface area contributed by atoms with E-state index in [2.05, 4.69) is 42.6 Å². The summed E-state index contributed by atoms with van der Waals surface area (Å²) in [7, 11) is 0. The molecule has 0 bridgehead atoms. The van der Waals surface area contributed by atoms with Gasteiger partial charge < -0.3 is 14.8 Å². The second kappa shape index (κ2) is 10.1. The van der Waals surface area contributed by atoms with Crippen molar-refractivity contribution in [3.63, 3.8) is 0 Å². The maximum atomic E-state index is 13.4. The van der Waals surface area contributed by atoms with E-state index in [0.717, 1.165) is 60.7 Å². The number of pyridine rings is 1. The fraction of sp³-hybridized carbons (Fsp3) is 0.517. The summed E-state index contributed by atoms with van der Waals surface area (Å²) in [4.78, 5) is 18.1. The van der Waals surface area contributed by atoms with Crippen molar-refractivity contribution in [2.45, 2.75) is 82.3 Å². The van der Waals surface area contributed by atoms with Gasteiger partial charge in [0.1, 0.15) is 23.8 Å². The summed E-state index contributed by atoms with van der Waals surface area (Å²) < 4.78 is 48.3. The number of halogens is 3. The molecule has 0 aromatic carbocycles. The molecular weight excluding hydrogens is 535 g/mol. The number of fused-ring (bicyclic) bond motifs is 1. The molecule has 2 fully saturated rings. The first-order chi connectivity index (χ1) is 19.4. The minimum absolute atomic E-state index is 0.0595. The zero-order valence-corrected chi connectivity index (χ0v) is 23.3. The molecule has 1 saturated heterocycles. The molecule has 0 spiro atoms. The van der Waals surface area contributed by atoms with Crippen LogP contribution in [0.3, 0.4) is 0 Å². The average Bonchev–Trinajstić information content (AvgIpc) is 3.59. The van der Waals surface area contributed by atoms with Gasteiger partial charge >= 0.3 is 6.18 Å². The maximum absolute atomic E-state index is 13.4. The quantitative estimate of drug-likeness (QED) is 0.312. The number of alkyl halides is 3. The predicted molar refractivity (Wildman–Crippen MR) is 146 cm³/mol. The highest BCUT2D eigenvalue weighted by molar-refractivity contribution is 5.89. The largest absolute Gasteiger partial charge is 0.474 e. The van der Waals surface area contributed by atoms with Crippen LogP contribution in [-0.4, -0.2) is 65.0 Å². The molecule has 0 radical (unpaired) electrons. The highest BCUT2D eigenvalue weighted by Crippen LogP contribution is 2.46. The lowest BCUT2D eigenvalue weighted by molar-refractivity contribution is -0.141. The van der Waals surface area contributed by atoms with Crippen molar-refractivity contribution in [3.05, 3.63) is 54.4 Å². The van der Waals surface area contributed by atoms with Crippen molar-refractivity contribution in [1.29, 1.82) is 0 Å². The minimum atomic E-state index is -4.63. The van der Waals surface area contributed by atoms with Crippen molar-refractivity contribution in [2.75, 3.05) is 13.1 Å². The molecule has 5 heterocycles. The number of nitrogens with zero attached hydrogens (tertiary/aromatic N) is 6. The Kier molecular flexibility index (Phi) is 6.80. The lowest BCUT2D eigenvalue weighted by Gasteiger charge is -2.53. The van der Waals surface area contributed by atoms with E-state index in [-0.39, 0.29) is 23.1 Å². The zero-order valence-electron chi connectivity index (χ0n) is 23.3. The van der Waals surface area contributed by atoms with Crippen LogP contribution in [0.15, 0.2) is 43.1 Å². The second-order valence-corrected chi connectivity index (χ2v) is 11.8. The van der Waals surface area contributed by atoms with Gasteiger partial charge in [0.05, 0.1) is 23.0 Å². The first kappa shape index (κ1) is 27.6. The highest BCUT2D eigenvalue weighted by atomic mass is 19.4. The predicted octanol–water partition coefficient (Wildman–Crippen LogP) is 5.27. The van der Waals surface area contributed by atoms with E-state index >= 15 is 0 Å². The van der Waals surface area contributed by atoms with Crippen LogP contribution in [-0.2, 0) is 17.3 Å². The number of rotatable bonds is 7. The van der Waals surface area contributed by atoms with Gasteiger partial charge in [-0.15, -0.1) is 0 Å². The number of hydrogen-bond acceptors (Lipinski definition) is 7. The summed E-state index contributed by atoms with van der Waals surface area (Å²) in [6.45, 7) is 6.67. The van der Waals surface area contributed by atoms with Crippen LogP contribution in [0.4, 0.5) is 13.2 Å². The van der Waals surface area contributed by atoms with Crippen LogP contribution in [0.25, 0.3) is 22.3 Å². The number of H-pyrrole nitrogens is 1. The van der Waals surface area contributed by atoms with Gasteiger partial charge in [-0.1, -0.05) is 6.92 Å². The van der Waals surface area contributed by atoms with E-state index in [1.807, 2.05) is 18.5 Å². The van der Waals surface area contributed by atoms with Crippen LogP contribution in [0.2, 0.25) is 0 Å². The molecule has 1 aliphatic carbocycles. The Morgan fingerprint density at radius 2 is 1.90 bits per heavy atom. The van der Waals surface area contributed by atoms with Crippen LogP contribution in [0.1, 0.15) is 64.1 Å². The number of hydrogen-bond donors (Lipinski definition) is 2. The summed E-state index contributed by atoms with van der Waals surface area (Å²) >= 11 is 0. The molecule has 12 heteroatoms. The van der Waals surface area contributed by atoms with E-state index < -0.39 is 17.5 Å². The third-order valence-corrected chi connectivity index (χ3v) is 8.66. The highest BCUT2D eigenvalue weighted by Gasteiger charge is 2.48. The van der Waals surface area contributed by atoms with Gasteiger partial charge in [0.25, 0.3) is 0 Å². The van der Waals surface area contributed by atoms with Gasteiger partial charge in [0.2, 0.25) is 5.88 Å². The Balaban J connectivity index is 1.08. The molecule has 1 saturated carbocycles. The fourth-order valence-electron chi connectivity index (χ4n) is 6.11. The smallest absolute Gasteiger partial charge is 0.433 e. The zero-order chi connectivity index (χ0) is 29.0. The first-order valence-corrected chi connectivity index (χ1v) is 14.0. The molecule has 0 atom stereocenters. The molecule has 6 rings (SSSR count). The molecule has 9 nitrogen and oxygen atoms in total. The fourth-order valence-corrected chi connectivity index (χ4v) is 6.11. The van der Waals surface area contributed by atoms with Gasteiger partial charge in [0.15, 0.2) is 0 Å². The van der Waals surface area contributed by atoms with E-state index in [4.69, 9.17) is 9.84 Å². The van der Waals surface area contributed by atoms with Crippen molar-refractivity contribution < 1.29 is 23.0 Å². The Morgan fingerprint density at radius 3 is 2.59 bits per heavy atom. The van der Waals surface area contributed by atoms with E-state index in [0.29, 0.717) is 18.9 Å². The van der Waals surface area contributed by atoms with Gasteiger partial charge in [-0.05, 0) is 63.6 Å². The lowest BCUT2D eigenvalue weighted by Crippen LogP contribution is -2.58. The molecule has 0 unspecified atom stereocenters. The third kappa shape index (κ3) is 5.30. The molecule has 218 valence electrons. The SMILES string of the molecule is CCC1(n2cc(-c3ncnc4[nH]ccc34)cn2)CC(N2CCC(Oc3cc(C(C)(C)O)cc(C(F)(F)F)n3)CC2)C1. The molecular formula is C29H34F3N7O2. The Morgan fingerprint density at radius 1 is 1.15 bits per heavy atom. The molecule has 4 aromatic rings. The minimum Gasteiger partial charge on any atom is -0.474 e. The van der Waals surface area contributed by atoms with Gasteiger partial charge in [0, 0.05) is 48.5 Å². The number of nitrogens with one attached hydrogen (secondary N) is 1. The topological polar surface area (TPSA) is 105 Å². The van der Waals surface area contributed by atoms with Crippen LogP contribution in [0.5, 0.6) is 5.88 Å². The summed E-state index contributed by atoms with van der Waals surface area (Å²) in [5, 5.41) is 16.0. The molecule has 2 N–H and O–H groups in total. The summed E-state index contributed by atoms with van der Waals surface area (Å²) in [6.07, 6.45) is 6.79. The third-order valence-electron chi connectivity index (χ3n) is 8.66. The number of likely N-dealkylation sites (tertiary alicyclic amines) is 1. The number of aromatic nitrogens is 6. The average molecular weight is 570 g/mol. The van der Waals surface area contributed by atoms with Crippen molar-refractivity contribution >= 4 is 11.0 Å². The first-order valence-electron chi connectivity index (χ1n) is 14.0. The van der Waals surface area contributed by atoms with Crippen molar-refractivity contribution in [1.82, 2.24) is 34.6 Å². The normalized spacial score (nSPS) is 22.7. The summed E-state index contributed by atoms with van der Waals surface area (Å²) in [5.41, 5.74) is 0.171.